The Morgan fingerprint density at radius 1 is 1.27 bits per heavy atom. The first-order chi connectivity index (χ1) is 14.7. The SMILES string of the molecule is CN(CCCN(C)C(C1=CC=CCC1)C1=COC=CO1)c1nc(-n2ccnc2)ns1. The summed E-state index contributed by atoms with van der Waals surface area (Å²) in [6, 6.07) is 0.0691. The Morgan fingerprint density at radius 2 is 2.20 bits per heavy atom. The maximum atomic E-state index is 5.76. The van der Waals surface area contributed by atoms with E-state index < -0.39 is 0 Å². The fraction of sp³-hybridized carbons (Fsp3) is 0.381. The molecule has 158 valence electrons. The van der Waals surface area contributed by atoms with Crippen LogP contribution in [0.1, 0.15) is 19.3 Å². The van der Waals surface area contributed by atoms with Gasteiger partial charge < -0.3 is 14.4 Å². The number of anilines is 1. The normalized spacial score (nSPS) is 16.6. The van der Waals surface area contributed by atoms with Gasteiger partial charge >= 0.3 is 0 Å². The van der Waals surface area contributed by atoms with Crippen molar-refractivity contribution in [1.29, 1.82) is 0 Å². The molecule has 0 radical (unpaired) electrons. The van der Waals surface area contributed by atoms with Crippen molar-refractivity contribution < 1.29 is 9.47 Å². The quantitative estimate of drug-likeness (QED) is 0.608. The highest BCUT2D eigenvalue weighted by atomic mass is 32.1. The van der Waals surface area contributed by atoms with Crippen LogP contribution >= 0.6 is 11.5 Å². The van der Waals surface area contributed by atoms with E-state index >= 15 is 0 Å². The van der Waals surface area contributed by atoms with E-state index in [9.17, 15) is 0 Å². The lowest BCUT2D eigenvalue weighted by Gasteiger charge is -2.32. The van der Waals surface area contributed by atoms with Crippen molar-refractivity contribution in [2.24, 2.45) is 0 Å². The van der Waals surface area contributed by atoms with E-state index in [-0.39, 0.29) is 6.04 Å². The molecule has 1 aliphatic heterocycles. The molecule has 2 aromatic rings. The third kappa shape index (κ3) is 4.80. The zero-order chi connectivity index (χ0) is 20.8. The van der Waals surface area contributed by atoms with Gasteiger partial charge in [0.15, 0.2) is 5.76 Å². The maximum absolute atomic E-state index is 5.76. The van der Waals surface area contributed by atoms with Gasteiger partial charge in [0.2, 0.25) is 11.1 Å². The van der Waals surface area contributed by atoms with Crippen LogP contribution in [-0.4, -0.2) is 57.0 Å². The molecule has 1 aliphatic carbocycles. The van der Waals surface area contributed by atoms with Crippen molar-refractivity contribution in [1.82, 2.24) is 23.8 Å². The van der Waals surface area contributed by atoms with Gasteiger partial charge in [0.25, 0.3) is 0 Å². The third-order valence-corrected chi connectivity index (χ3v) is 5.92. The number of allylic oxidation sites excluding steroid dienone is 3. The van der Waals surface area contributed by atoms with Crippen LogP contribution in [0.3, 0.4) is 0 Å². The first-order valence-corrected chi connectivity index (χ1v) is 10.8. The Morgan fingerprint density at radius 3 is 2.93 bits per heavy atom. The molecule has 2 aromatic heterocycles. The summed E-state index contributed by atoms with van der Waals surface area (Å²) in [7, 11) is 4.18. The molecule has 4 rings (SSSR count). The van der Waals surface area contributed by atoms with Gasteiger partial charge in [0.05, 0.1) is 6.04 Å². The summed E-state index contributed by atoms with van der Waals surface area (Å²) < 4.78 is 17.4. The van der Waals surface area contributed by atoms with Crippen LogP contribution in [0, 0.1) is 0 Å². The predicted molar refractivity (Wildman–Crippen MR) is 117 cm³/mol. The van der Waals surface area contributed by atoms with Crippen LogP contribution in [0.4, 0.5) is 5.13 Å². The second kappa shape index (κ2) is 9.73. The fourth-order valence-electron chi connectivity index (χ4n) is 3.56. The van der Waals surface area contributed by atoms with Crippen molar-refractivity contribution in [3.05, 3.63) is 67.1 Å². The van der Waals surface area contributed by atoms with E-state index in [0.717, 1.165) is 43.2 Å². The summed E-state index contributed by atoms with van der Waals surface area (Å²) in [5.41, 5.74) is 1.34. The smallest absolute Gasteiger partial charge is 0.248 e. The number of ether oxygens (including phenoxy) is 2. The molecule has 2 aliphatic rings. The Labute approximate surface area is 180 Å². The molecule has 1 atom stereocenters. The molecule has 0 saturated carbocycles. The highest BCUT2D eigenvalue weighted by Crippen LogP contribution is 2.27. The molecule has 0 spiro atoms. The van der Waals surface area contributed by atoms with Gasteiger partial charge in [0, 0.05) is 44.1 Å². The number of nitrogens with zero attached hydrogens (tertiary/aromatic N) is 6. The highest BCUT2D eigenvalue weighted by Gasteiger charge is 2.26. The van der Waals surface area contributed by atoms with Crippen molar-refractivity contribution in [2.75, 3.05) is 32.1 Å². The van der Waals surface area contributed by atoms with Crippen LogP contribution in [0.2, 0.25) is 0 Å². The maximum Gasteiger partial charge on any atom is 0.248 e. The minimum Gasteiger partial charge on any atom is -0.466 e. The number of hydrogen-bond acceptors (Lipinski definition) is 8. The number of hydrogen-bond donors (Lipinski definition) is 0. The zero-order valence-electron chi connectivity index (χ0n) is 17.2. The zero-order valence-corrected chi connectivity index (χ0v) is 18.0. The molecule has 0 amide bonds. The van der Waals surface area contributed by atoms with Crippen LogP contribution in [0.15, 0.2) is 67.1 Å². The number of likely N-dealkylation sites (N-methyl/N-ethyl adjacent to an activating group) is 1. The van der Waals surface area contributed by atoms with E-state index in [1.165, 1.54) is 17.1 Å². The Balaban J connectivity index is 1.35. The molecule has 8 nitrogen and oxygen atoms in total. The van der Waals surface area contributed by atoms with E-state index in [1.54, 1.807) is 31.3 Å². The number of rotatable bonds is 9. The second-order valence-electron chi connectivity index (χ2n) is 7.26. The second-order valence-corrected chi connectivity index (χ2v) is 7.99. The van der Waals surface area contributed by atoms with Crippen LogP contribution < -0.4 is 4.90 Å². The van der Waals surface area contributed by atoms with E-state index in [1.807, 2.05) is 10.8 Å². The van der Waals surface area contributed by atoms with Gasteiger partial charge in [0.1, 0.15) is 25.1 Å². The topological polar surface area (TPSA) is 68.5 Å². The lowest BCUT2D eigenvalue weighted by molar-refractivity contribution is 0.179. The molecule has 0 N–H and O–H groups in total. The summed E-state index contributed by atoms with van der Waals surface area (Å²) in [5.74, 6) is 1.48. The monoisotopic (exact) mass is 426 g/mol. The van der Waals surface area contributed by atoms with Crippen molar-refractivity contribution in [3.8, 4) is 5.95 Å². The fourth-order valence-corrected chi connectivity index (χ4v) is 4.21. The van der Waals surface area contributed by atoms with Gasteiger partial charge in [-0.05, 0) is 31.9 Å². The molecule has 30 heavy (non-hydrogen) atoms. The summed E-state index contributed by atoms with van der Waals surface area (Å²) in [5, 5.41) is 0.898. The standard InChI is InChI=1S/C21H26N6O2S/c1-25(19(17-7-4-3-5-8-17)18-15-28-13-14-29-18)10-6-11-26(2)21-23-20(24-30-21)27-12-9-22-16-27/h3-4,7,9,12-16,19H,5-6,8,10-11H2,1-2H3. The largest absolute Gasteiger partial charge is 0.466 e. The lowest BCUT2D eigenvalue weighted by atomic mass is 9.95. The molecule has 0 bridgehead atoms. The van der Waals surface area contributed by atoms with E-state index in [0.29, 0.717) is 5.95 Å². The van der Waals surface area contributed by atoms with Gasteiger partial charge in [-0.3, -0.25) is 9.47 Å². The van der Waals surface area contributed by atoms with Gasteiger partial charge in [-0.15, -0.1) is 0 Å². The summed E-state index contributed by atoms with van der Waals surface area (Å²) in [6.45, 7) is 1.79. The molecule has 0 aromatic carbocycles. The number of aromatic nitrogens is 4. The first kappa shape index (κ1) is 20.4. The van der Waals surface area contributed by atoms with E-state index in [4.69, 9.17) is 9.47 Å². The average molecular weight is 427 g/mol. The predicted octanol–water partition coefficient (Wildman–Crippen LogP) is 3.49. The van der Waals surface area contributed by atoms with Crippen molar-refractivity contribution in [3.63, 3.8) is 0 Å². The van der Waals surface area contributed by atoms with Crippen LogP contribution in [0.25, 0.3) is 5.95 Å². The number of imidazole rings is 1. The van der Waals surface area contributed by atoms with Gasteiger partial charge in [-0.1, -0.05) is 18.2 Å². The molecule has 9 heteroatoms. The van der Waals surface area contributed by atoms with Crippen LogP contribution in [0.5, 0.6) is 0 Å². The summed E-state index contributed by atoms with van der Waals surface area (Å²) in [6.07, 6.45) is 19.7. The third-order valence-electron chi connectivity index (χ3n) is 5.10. The van der Waals surface area contributed by atoms with E-state index in [2.05, 4.69) is 56.5 Å². The molecular formula is C21H26N6O2S. The Kier molecular flexibility index (Phi) is 6.60. The minimum atomic E-state index is 0.0691. The molecule has 0 saturated heterocycles. The minimum absolute atomic E-state index is 0.0691. The average Bonchev–Trinajstić information content (AvgIpc) is 3.47. The van der Waals surface area contributed by atoms with Gasteiger partial charge in [-0.25, -0.2) is 4.98 Å². The van der Waals surface area contributed by atoms with Gasteiger partial charge in [-0.2, -0.15) is 9.36 Å². The molecule has 1 unspecified atom stereocenters. The Bertz CT molecular complexity index is 947. The molecular weight excluding hydrogens is 400 g/mol. The molecule has 3 heterocycles. The Hall–Kier alpha value is -2.91. The van der Waals surface area contributed by atoms with Crippen LogP contribution in [-0.2, 0) is 9.47 Å². The van der Waals surface area contributed by atoms with Crippen molar-refractivity contribution in [2.45, 2.75) is 25.3 Å². The first-order valence-electron chi connectivity index (χ1n) is 9.98. The molecule has 0 fully saturated rings. The van der Waals surface area contributed by atoms with Crippen molar-refractivity contribution >= 4 is 16.7 Å². The lowest BCUT2D eigenvalue weighted by Crippen LogP contribution is -2.38. The highest BCUT2D eigenvalue weighted by molar-refractivity contribution is 7.09. The summed E-state index contributed by atoms with van der Waals surface area (Å²) >= 11 is 1.40. The summed E-state index contributed by atoms with van der Waals surface area (Å²) in [4.78, 5) is 13.1.